The van der Waals surface area contributed by atoms with E-state index in [1.807, 2.05) is 0 Å². The summed E-state index contributed by atoms with van der Waals surface area (Å²) in [6, 6.07) is 6.84. The van der Waals surface area contributed by atoms with E-state index in [1.165, 1.54) is 6.33 Å². The van der Waals surface area contributed by atoms with Gasteiger partial charge in [0, 0.05) is 10.5 Å². The van der Waals surface area contributed by atoms with E-state index in [2.05, 4.69) is 15.0 Å². The molecule has 0 aliphatic carbocycles. The quantitative estimate of drug-likeness (QED) is 0.843. The molecule has 86 valence electrons. The first-order valence-corrected chi connectivity index (χ1v) is 5.70. The monoisotopic (exact) mass is 267 g/mol. The molecule has 2 aromatic rings. The molecule has 0 bridgehead atoms. The van der Waals surface area contributed by atoms with Crippen molar-refractivity contribution in [1.29, 1.82) is 0 Å². The first kappa shape index (κ1) is 11.8. The van der Waals surface area contributed by atoms with Gasteiger partial charge in [-0.2, -0.15) is 4.98 Å². The molecule has 0 unspecified atom stereocenters. The zero-order valence-corrected chi connectivity index (χ0v) is 9.94. The van der Waals surface area contributed by atoms with Crippen LogP contribution in [-0.2, 0) is 0 Å². The first-order valence-electron chi connectivity index (χ1n) is 4.51. The molecule has 0 amide bonds. The number of rotatable bonds is 2. The maximum Gasteiger partial charge on any atom is 0.369 e. The molecule has 7 heteroatoms. The summed E-state index contributed by atoms with van der Waals surface area (Å²) >= 11 is 6.39. The molecule has 1 aromatic heterocycles. The summed E-state index contributed by atoms with van der Waals surface area (Å²) in [7, 11) is 0. The minimum atomic E-state index is -0.944. The van der Waals surface area contributed by atoms with Crippen LogP contribution < -0.4 is 0 Å². The van der Waals surface area contributed by atoms with Crippen LogP contribution >= 0.6 is 23.4 Å². The number of nitrogens with zero attached hydrogens (tertiary/aromatic N) is 3. The van der Waals surface area contributed by atoms with Crippen LogP contribution in [0.3, 0.4) is 0 Å². The molecule has 0 fully saturated rings. The largest absolute Gasteiger partial charge is 0.473 e. The molecule has 0 aliphatic rings. The van der Waals surface area contributed by atoms with Crippen LogP contribution in [0.25, 0.3) is 11.4 Å². The van der Waals surface area contributed by atoms with Gasteiger partial charge in [-0.15, -0.1) is 0 Å². The van der Waals surface area contributed by atoms with Gasteiger partial charge in [-0.3, -0.25) is 0 Å². The Morgan fingerprint density at radius 3 is 2.53 bits per heavy atom. The molecule has 1 aromatic carbocycles. The summed E-state index contributed by atoms with van der Waals surface area (Å²) in [5, 5.41) is 7.78. The third-order valence-corrected chi connectivity index (χ3v) is 2.72. The van der Waals surface area contributed by atoms with Crippen LogP contribution in [-0.4, -0.2) is 25.4 Å². The lowest BCUT2D eigenvalue weighted by Crippen LogP contribution is -1.91. The van der Waals surface area contributed by atoms with Crippen LogP contribution in [0.15, 0.2) is 35.5 Å². The lowest BCUT2D eigenvalue weighted by Gasteiger charge is -2.00. The highest BCUT2D eigenvalue weighted by molar-refractivity contribution is 8.13. The molecule has 5 nitrogen and oxygen atoms in total. The van der Waals surface area contributed by atoms with Gasteiger partial charge in [-0.05, 0) is 35.5 Å². The van der Waals surface area contributed by atoms with E-state index in [-0.39, 0.29) is 5.28 Å². The van der Waals surface area contributed by atoms with Crippen molar-refractivity contribution in [2.45, 2.75) is 4.90 Å². The second-order valence-electron chi connectivity index (χ2n) is 2.97. The average molecular weight is 268 g/mol. The van der Waals surface area contributed by atoms with E-state index in [0.29, 0.717) is 10.7 Å². The van der Waals surface area contributed by atoms with E-state index < -0.39 is 5.30 Å². The molecule has 17 heavy (non-hydrogen) atoms. The molecule has 0 radical (unpaired) electrons. The zero-order chi connectivity index (χ0) is 12.3. The van der Waals surface area contributed by atoms with Gasteiger partial charge < -0.3 is 5.11 Å². The van der Waals surface area contributed by atoms with E-state index in [9.17, 15) is 4.79 Å². The fourth-order valence-corrected chi connectivity index (χ4v) is 1.79. The van der Waals surface area contributed by atoms with E-state index in [4.69, 9.17) is 16.7 Å². The molecular weight excluding hydrogens is 262 g/mol. The number of benzene rings is 1. The summed E-state index contributed by atoms with van der Waals surface area (Å²) in [4.78, 5) is 22.7. The topological polar surface area (TPSA) is 76.0 Å². The Hall–Kier alpha value is -1.66. The van der Waals surface area contributed by atoms with Crippen molar-refractivity contribution in [3.05, 3.63) is 35.9 Å². The maximum absolute atomic E-state index is 10.5. The minimum Gasteiger partial charge on any atom is -0.473 e. The van der Waals surface area contributed by atoms with Crippen LogP contribution in [0.1, 0.15) is 0 Å². The van der Waals surface area contributed by atoms with E-state index in [1.54, 1.807) is 24.3 Å². The lowest BCUT2D eigenvalue weighted by molar-refractivity contribution is 0.222. The van der Waals surface area contributed by atoms with Gasteiger partial charge in [-0.1, -0.05) is 12.1 Å². The number of aromatic nitrogens is 3. The van der Waals surface area contributed by atoms with Crippen LogP contribution in [0.4, 0.5) is 4.79 Å². The van der Waals surface area contributed by atoms with Crippen molar-refractivity contribution >= 4 is 28.7 Å². The second-order valence-corrected chi connectivity index (χ2v) is 4.33. The Morgan fingerprint density at radius 1 is 1.24 bits per heavy atom. The van der Waals surface area contributed by atoms with Crippen molar-refractivity contribution in [3.8, 4) is 11.4 Å². The summed E-state index contributed by atoms with van der Waals surface area (Å²) in [5.41, 5.74) is 0.754. The maximum atomic E-state index is 10.5. The standard InChI is InChI=1S/C10H6ClN3O2S/c11-9-13-5-12-8(14-9)6-1-3-7(4-2-6)17-10(15)16/h1-5H,(H,15,16). The van der Waals surface area contributed by atoms with Gasteiger partial charge in [0.25, 0.3) is 0 Å². The fourth-order valence-electron chi connectivity index (χ4n) is 1.19. The molecule has 1 N–H and O–H groups in total. The van der Waals surface area contributed by atoms with Crippen LogP contribution in [0.2, 0.25) is 5.28 Å². The molecule has 1 heterocycles. The SMILES string of the molecule is O=C(O)Sc1ccc(-c2ncnc(Cl)n2)cc1. The average Bonchev–Trinajstić information content (AvgIpc) is 2.29. The number of hydrogen-bond donors (Lipinski definition) is 1. The summed E-state index contributed by atoms with van der Waals surface area (Å²) < 4.78 is 0. The smallest absolute Gasteiger partial charge is 0.369 e. The number of carboxylic acid groups (broad SMARTS) is 1. The van der Waals surface area contributed by atoms with Gasteiger partial charge >= 0.3 is 5.30 Å². The number of thioether (sulfide) groups is 1. The van der Waals surface area contributed by atoms with Gasteiger partial charge in [0.15, 0.2) is 5.82 Å². The number of halogens is 1. The normalized spacial score (nSPS) is 10.2. The Bertz CT molecular complexity index is 548. The van der Waals surface area contributed by atoms with Gasteiger partial charge in [0.2, 0.25) is 5.28 Å². The molecule has 2 rings (SSSR count). The second kappa shape index (κ2) is 5.11. The Labute approximate surface area is 106 Å². The Morgan fingerprint density at radius 2 is 1.94 bits per heavy atom. The fraction of sp³-hybridized carbons (Fsp3) is 0. The predicted octanol–water partition coefficient (Wildman–Crippen LogP) is 2.96. The summed E-state index contributed by atoms with van der Waals surface area (Å²) in [5.74, 6) is 0.455. The Kier molecular flexibility index (Phi) is 3.55. The third kappa shape index (κ3) is 3.15. The molecular formula is C10H6ClN3O2S. The Balaban J connectivity index is 2.26. The summed E-state index contributed by atoms with van der Waals surface area (Å²) in [6.07, 6.45) is 1.32. The highest BCUT2D eigenvalue weighted by Gasteiger charge is 2.04. The zero-order valence-electron chi connectivity index (χ0n) is 8.37. The van der Waals surface area contributed by atoms with Crippen molar-refractivity contribution in [2.75, 3.05) is 0 Å². The van der Waals surface area contributed by atoms with Crippen LogP contribution in [0.5, 0.6) is 0 Å². The van der Waals surface area contributed by atoms with E-state index in [0.717, 1.165) is 17.3 Å². The third-order valence-electron chi connectivity index (χ3n) is 1.86. The van der Waals surface area contributed by atoms with Gasteiger partial charge in [0.05, 0.1) is 0 Å². The van der Waals surface area contributed by atoms with Crippen LogP contribution in [0, 0.1) is 0 Å². The lowest BCUT2D eigenvalue weighted by atomic mass is 10.2. The molecule has 0 aliphatic heterocycles. The predicted molar refractivity (Wildman–Crippen MR) is 64.2 cm³/mol. The first-order chi connectivity index (χ1) is 8.15. The minimum absolute atomic E-state index is 0.124. The van der Waals surface area contributed by atoms with E-state index >= 15 is 0 Å². The van der Waals surface area contributed by atoms with Gasteiger partial charge in [0.1, 0.15) is 6.33 Å². The molecule has 0 spiro atoms. The van der Waals surface area contributed by atoms with Crippen molar-refractivity contribution in [3.63, 3.8) is 0 Å². The summed E-state index contributed by atoms with van der Waals surface area (Å²) in [6.45, 7) is 0. The molecule has 0 atom stereocenters. The van der Waals surface area contributed by atoms with Crippen molar-refractivity contribution in [1.82, 2.24) is 15.0 Å². The highest BCUT2D eigenvalue weighted by atomic mass is 35.5. The van der Waals surface area contributed by atoms with Crippen molar-refractivity contribution < 1.29 is 9.90 Å². The van der Waals surface area contributed by atoms with Gasteiger partial charge in [-0.25, -0.2) is 14.8 Å². The number of carbonyl (C=O) groups is 1. The molecule has 0 saturated heterocycles. The van der Waals surface area contributed by atoms with Crippen molar-refractivity contribution in [2.24, 2.45) is 0 Å². The highest BCUT2D eigenvalue weighted by Crippen LogP contribution is 2.22. The number of hydrogen-bond acceptors (Lipinski definition) is 5. The molecule has 0 saturated carbocycles.